The summed E-state index contributed by atoms with van der Waals surface area (Å²) in [5.41, 5.74) is 0.616. The highest BCUT2D eigenvalue weighted by Gasteiger charge is 2.37. The van der Waals surface area contributed by atoms with Crippen LogP contribution in [-0.2, 0) is 0 Å². The summed E-state index contributed by atoms with van der Waals surface area (Å²) in [6.07, 6.45) is 8.68. The van der Waals surface area contributed by atoms with Crippen LogP contribution in [0.1, 0.15) is 45.4 Å². The third-order valence-electron chi connectivity index (χ3n) is 3.49. The molecule has 0 bridgehead atoms. The summed E-state index contributed by atoms with van der Waals surface area (Å²) in [5.74, 6) is 0.912. The van der Waals surface area contributed by atoms with E-state index in [-0.39, 0.29) is 0 Å². The molecule has 1 saturated heterocycles. The van der Waals surface area contributed by atoms with Gasteiger partial charge < -0.3 is 5.32 Å². The predicted molar refractivity (Wildman–Crippen MR) is 47.6 cm³/mol. The standard InChI is InChI=1S/C10H19N/c1-9-4-2-5-10(11-8-9)6-3-7-10/h9,11H,2-8H2,1H3. The molecule has 1 heteroatoms. The maximum Gasteiger partial charge on any atom is 0.0181 e. The van der Waals surface area contributed by atoms with E-state index >= 15 is 0 Å². The lowest BCUT2D eigenvalue weighted by molar-refractivity contribution is 0.177. The van der Waals surface area contributed by atoms with Gasteiger partial charge >= 0.3 is 0 Å². The fourth-order valence-electron chi connectivity index (χ4n) is 2.40. The van der Waals surface area contributed by atoms with Gasteiger partial charge in [-0.3, -0.25) is 0 Å². The van der Waals surface area contributed by atoms with E-state index in [1.54, 1.807) is 0 Å². The quantitative estimate of drug-likeness (QED) is 0.563. The smallest absolute Gasteiger partial charge is 0.0181 e. The minimum Gasteiger partial charge on any atom is -0.311 e. The van der Waals surface area contributed by atoms with Crippen LogP contribution in [0.15, 0.2) is 0 Å². The number of hydrogen-bond acceptors (Lipinski definition) is 1. The molecular weight excluding hydrogens is 134 g/mol. The fourth-order valence-corrected chi connectivity index (χ4v) is 2.40. The fraction of sp³-hybridized carbons (Fsp3) is 1.00. The maximum absolute atomic E-state index is 3.74. The van der Waals surface area contributed by atoms with Crippen LogP contribution in [0.5, 0.6) is 0 Å². The highest BCUT2D eigenvalue weighted by molar-refractivity contribution is 4.97. The first-order valence-electron chi connectivity index (χ1n) is 5.06. The lowest BCUT2D eigenvalue weighted by Gasteiger charge is -2.42. The van der Waals surface area contributed by atoms with Gasteiger partial charge in [0.25, 0.3) is 0 Å². The molecule has 2 fully saturated rings. The molecule has 1 atom stereocenters. The lowest BCUT2D eigenvalue weighted by Crippen LogP contribution is -2.50. The van der Waals surface area contributed by atoms with Crippen molar-refractivity contribution in [3.8, 4) is 0 Å². The molecule has 1 saturated carbocycles. The molecule has 0 aromatic heterocycles. The largest absolute Gasteiger partial charge is 0.311 e. The van der Waals surface area contributed by atoms with E-state index in [2.05, 4.69) is 12.2 Å². The first-order chi connectivity index (χ1) is 5.31. The van der Waals surface area contributed by atoms with Crippen LogP contribution in [0.4, 0.5) is 0 Å². The van der Waals surface area contributed by atoms with Crippen molar-refractivity contribution in [2.45, 2.75) is 51.0 Å². The van der Waals surface area contributed by atoms with Crippen molar-refractivity contribution in [2.75, 3.05) is 6.54 Å². The van der Waals surface area contributed by atoms with Crippen molar-refractivity contribution in [3.63, 3.8) is 0 Å². The molecule has 1 heterocycles. The van der Waals surface area contributed by atoms with Crippen LogP contribution in [0.2, 0.25) is 0 Å². The minimum absolute atomic E-state index is 0.616. The maximum atomic E-state index is 3.74. The Labute approximate surface area is 69.6 Å². The molecule has 2 aliphatic rings. The van der Waals surface area contributed by atoms with Gasteiger partial charge in [0, 0.05) is 5.54 Å². The summed E-state index contributed by atoms with van der Waals surface area (Å²) >= 11 is 0. The van der Waals surface area contributed by atoms with Crippen LogP contribution in [0.3, 0.4) is 0 Å². The predicted octanol–water partition coefficient (Wildman–Crippen LogP) is 2.32. The molecule has 0 amide bonds. The van der Waals surface area contributed by atoms with Crippen LogP contribution in [0, 0.1) is 5.92 Å². The van der Waals surface area contributed by atoms with E-state index in [1.807, 2.05) is 0 Å². The number of rotatable bonds is 0. The summed E-state index contributed by atoms with van der Waals surface area (Å²) in [5, 5.41) is 3.74. The highest BCUT2D eigenvalue weighted by atomic mass is 15.0. The molecule has 1 aliphatic heterocycles. The SMILES string of the molecule is CC1CCCC2(CCC2)NC1. The van der Waals surface area contributed by atoms with Crippen molar-refractivity contribution in [3.05, 3.63) is 0 Å². The first-order valence-corrected chi connectivity index (χ1v) is 5.06. The minimum atomic E-state index is 0.616. The van der Waals surface area contributed by atoms with Crippen molar-refractivity contribution < 1.29 is 0 Å². The third kappa shape index (κ3) is 1.44. The molecule has 0 aromatic rings. The Kier molecular flexibility index (Phi) is 1.92. The zero-order valence-electron chi connectivity index (χ0n) is 7.53. The second-order valence-corrected chi connectivity index (χ2v) is 4.51. The molecule has 1 aliphatic carbocycles. The van der Waals surface area contributed by atoms with Crippen LogP contribution >= 0.6 is 0 Å². The normalized spacial score (nSPS) is 36.3. The van der Waals surface area contributed by atoms with Gasteiger partial charge in [-0.2, -0.15) is 0 Å². The number of hydrogen-bond donors (Lipinski definition) is 1. The van der Waals surface area contributed by atoms with E-state index in [1.165, 1.54) is 45.1 Å². The Bertz CT molecular complexity index is 138. The Morgan fingerprint density at radius 2 is 1.91 bits per heavy atom. The average Bonchev–Trinajstić information content (AvgIpc) is 2.09. The molecule has 1 nitrogen and oxygen atoms in total. The second-order valence-electron chi connectivity index (χ2n) is 4.51. The molecule has 0 radical (unpaired) electrons. The monoisotopic (exact) mass is 153 g/mol. The molecule has 0 aromatic carbocycles. The summed E-state index contributed by atoms with van der Waals surface area (Å²) in [6.45, 7) is 3.63. The molecule has 2 rings (SSSR count). The third-order valence-corrected chi connectivity index (χ3v) is 3.49. The van der Waals surface area contributed by atoms with E-state index < -0.39 is 0 Å². The van der Waals surface area contributed by atoms with Crippen LogP contribution < -0.4 is 5.32 Å². The van der Waals surface area contributed by atoms with E-state index in [4.69, 9.17) is 0 Å². The second kappa shape index (κ2) is 2.78. The molecular formula is C10H19N. The van der Waals surface area contributed by atoms with Gasteiger partial charge in [-0.15, -0.1) is 0 Å². The molecule has 1 unspecified atom stereocenters. The Morgan fingerprint density at radius 1 is 1.18 bits per heavy atom. The van der Waals surface area contributed by atoms with E-state index in [0.29, 0.717) is 5.54 Å². The molecule has 1 N–H and O–H groups in total. The van der Waals surface area contributed by atoms with E-state index in [9.17, 15) is 0 Å². The average molecular weight is 153 g/mol. The van der Waals surface area contributed by atoms with Crippen molar-refractivity contribution >= 4 is 0 Å². The van der Waals surface area contributed by atoms with Gasteiger partial charge in [-0.1, -0.05) is 13.3 Å². The Balaban J connectivity index is 1.92. The van der Waals surface area contributed by atoms with Gasteiger partial charge in [0.05, 0.1) is 0 Å². The zero-order valence-corrected chi connectivity index (χ0v) is 7.53. The Morgan fingerprint density at radius 3 is 2.55 bits per heavy atom. The molecule has 1 spiro atoms. The van der Waals surface area contributed by atoms with Gasteiger partial charge in [-0.25, -0.2) is 0 Å². The van der Waals surface area contributed by atoms with E-state index in [0.717, 1.165) is 5.92 Å². The molecule has 64 valence electrons. The van der Waals surface area contributed by atoms with Crippen LogP contribution in [0.25, 0.3) is 0 Å². The van der Waals surface area contributed by atoms with Crippen molar-refractivity contribution in [1.82, 2.24) is 5.32 Å². The Hall–Kier alpha value is -0.0400. The summed E-state index contributed by atoms with van der Waals surface area (Å²) in [7, 11) is 0. The summed E-state index contributed by atoms with van der Waals surface area (Å²) in [4.78, 5) is 0. The van der Waals surface area contributed by atoms with Gasteiger partial charge in [0.1, 0.15) is 0 Å². The van der Waals surface area contributed by atoms with Crippen LogP contribution in [-0.4, -0.2) is 12.1 Å². The van der Waals surface area contributed by atoms with Gasteiger partial charge in [-0.05, 0) is 44.6 Å². The van der Waals surface area contributed by atoms with Crippen molar-refractivity contribution in [2.24, 2.45) is 5.92 Å². The lowest BCUT2D eigenvalue weighted by atomic mass is 9.74. The van der Waals surface area contributed by atoms with Gasteiger partial charge in [0.2, 0.25) is 0 Å². The first kappa shape index (κ1) is 7.60. The number of nitrogens with one attached hydrogen (secondary N) is 1. The van der Waals surface area contributed by atoms with Crippen molar-refractivity contribution in [1.29, 1.82) is 0 Å². The summed E-state index contributed by atoms with van der Waals surface area (Å²) < 4.78 is 0. The highest BCUT2D eigenvalue weighted by Crippen LogP contribution is 2.38. The molecule has 11 heavy (non-hydrogen) atoms. The topological polar surface area (TPSA) is 12.0 Å². The zero-order chi connectivity index (χ0) is 7.73. The van der Waals surface area contributed by atoms with Gasteiger partial charge in [0.15, 0.2) is 0 Å². The summed E-state index contributed by atoms with van der Waals surface area (Å²) in [6, 6.07) is 0.